The van der Waals surface area contributed by atoms with Gasteiger partial charge in [0.25, 0.3) is 0 Å². The maximum atomic E-state index is 6.15. The van der Waals surface area contributed by atoms with Crippen LogP contribution in [0, 0.1) is 0 Å². The van der Waals surface area contributed by atoms with Gasteiger partial charge in [0, 0.05) is 11.3 Å². The first kappa shape index (κ1) is 18.0. The lowest BCUT2D eigenvalue weighted by molar-refractivity contribution is 0.264. The van der Waals surface area contributed by atoms with Crippen LogP contribution in [0.1, 0.15) is 39.5 Å². The molecule has 0 aliphatic rings. The number of rotatable bonds is 9. The number of benzene rings is 2. The molecule has 0 heterocycles. The number of nitrogens with two attached hydrogens (primary N) is 2. The number of ether oxygens (including phenoxy) is 2. The first-order valence-electron chi connectivity index (χ1n) is 8.71. The summed E-state index contributed by atoms with van der Waals surface area (Å²) in [7, 11) is 0. The van der Waals surface area contributed by atoms with E-state index in [0.29, 0.717) is 24.7 Å². The molecule has 4 heteroatoms. The topological polar surface area (TPSA) is 70.5 Å². The minimum Gasteiger partial charge on any atom is -0.489 e. The smallest absolute Gasteiger partial charge is 0.184 e. The van der Waals surface area contributed by atoms with Crippen LogP contribution in [0.4, 0.5) is 11.4 Å². The summed E-state index contributed by atoms with van der Waals surface area (Å²) in [5, 5.41) is 0. The van der Waals surface area contributed by atoms with Crippen LogP contribution in [-0.2, 0) is 0 Å². The van der Waals surface area contributed by atoms with Gasteiger partial charge in [-0.2, -0.15) is 0 Å². The Labute approximate surface area is 144 Å². The predicted molar refractivity (Wildman–Crippen MR) is 102 cm³/mol. The van der Waals surface area contributed by atoms with Gasteiger partial charge in [-0.3, -0.25) is 0 Å². The second kappa shape index (κ2) is 9.06. The molecule has 0 saturated carbocycles. The van der Waals surface area contributed by atoms with Crippen LogP contribution in [0.2, 0.25) is 0 Å². The minimum atomic E-state index is 0.608. The van der Waals surface area contributed by atoms with E-state index in [2.05, 4.69) is 13.8 Å². The van der Waals surface area contributed by atoms with Crippen molar-refractivity contribution in [3.05, 3.63) is 36.4 Å². The molecule has 0 bridgehead atoms. The van der Waals surface area contributed by atoms with E-state index in [4.69, 9.17) is 20.9 Å². The average molecular weight is 328 g/mol. The highest BCUT2D eigenvalue weighted by molar-refractivity contribution is 5.79. The molecule has 4 N–H and O–H groups in total. The summed E-state index contributed by atoms with van der Waals surface area (Å²) in [6, 6.07) is 11.6. The minimum absolute atomic E-state index is 0.608. The monoisotopic (exact) mass is 328 g/mol. The fourth-order valence-electron chi connectivity index (χ4n) is 2.40. The zero-order chi connectivity index (χ0) is 17.4. The van der Waals surface area contributed by atoms with Gasteiger partial charge in [-0.15, -0.1) is 0 Å². The van der Waals surface area contributed by atoms with Crippen molar-refractivity contribution in [2.45, 2.75) is 39.5 Å². The molecule has 0 aliphatic carbocycles. The fourth-order valence-corrected chi connectivity index (χ4v) is 2.40. The van der Waals surface area contributed by atoms with Gasteiger partial charge in [-0.1, -0.05) is 38.8 Å². The van der Waals surface area contributed by atoms with Crippen molar-refractivity contribution in [2.24, 2.45) is 0 Å². The number of anilines is 2. The van der Waals surface area contributed by atoms with Crippen LogP contribution in [-0.4, -0.2) is 13.2 Å². The molecule has 0 aliphatic heterocycles. The summed E-state index contributed by atoms with van der Waals surface area (Å²) in [5.41, 5.74) is 15.3. The quantitative estimate of drug-likeness (QED) is 0.508. The van der Waals surface area contributed by atoms with Gasteiger partial charge in [-0.25, -0.2) is 0 Å². The largest absolute Gasteiger partial charge is 0.489 e. The summed E-state index contributed by atoms with van der Waals surface area (Å²) in [5.74, 6) is 1.37. The maximum Gasteiger partial charge on any atom is 0.184 e. The standard InChI is InChI=1S/C20H28N2O2/c1-3-5-13-23-19-17(15-7-9-16(21)10-8-15)11-12-18(22)20(19)24-14-6-4-2/h7-12H,3-6,13-14,21-22H2,1-2H3. The van der Waals surface area contributed by atoms with Crippen LogP contribution in [0.15, 0.2) is 36.4 Å². The summed E-state index contributed by atoms with van der Waals surface area (Å²) >= 11 is 0. The third-order valence-corrected chi connectivity index (χ3v) is 3.85. The lowest BCUT2D eigenvalue weighted by Crippen LogP contribution is -2.06. The molecule has 0 amide bonds. The highest BCUT2D eigenvalue weighted by Gasteiger charge is 2.16. The third-order valence-electron chi connectivity index (χ3n) is 3.85. The highest BCUT2D eigenvalue weighted by Crippen LogP contribution is 2.42. The highest BCUT2D eigenvalue weighted by atomic mass is 16.5. The number of unbranched alkanes of at least 4 members (excludes halogenated alkanes) is 2. The predicted octanol–water partition coefficient (Wildman–Crippen LogP) is 4.88. The van der Waals surface area contributed by atoms with Crippen LogP contribution >= 0.6 is 0 Å². The molecule has 4 nitrogen and oxygen atoms in total. The Balaban J connectivity index is 2.40. The van der Waals surface area contributed by atoms with Crippen molar-refractivity contribution in [3.8, 4) is 22.6 Å². The summed E-state index contributed by atoms with van der Waals surface area (Å²) in [6.45, 7) is 5.56. The Bertz CT molecular complexity index is 639. The Morgan fingerprint density at radius 1 is 0.750 bits per heavy atom. The molecular formula is C20H28N2O2. The first-order chi connectivity index (χ1) is 11.7. The van der Waals surface area contributed by atoms with Gasteiger partial charge in [0.2, 0.25) is 0 Å². The van der Waals surface area contributed by atoms with E-state index in [1.807, 2.05) is 36.4 Å². The van der Waals surface area contributed by atoms with Crippen LogP contribution < -0.4 is 20.9 Å². The number of nitrogen functional groups attached to an aromatic ring is 2. The van der Waals surface area contributed by atoms with Crippen LogP contribution in [0.25, 0.3) is 11.1 Å². The van der Waals surface area contributed by atoms with Gasteiger partial charge in [-0.05, 0) is 42.7 Å². The maximum absolute atomic E-state index is 6.15. The lowest BCUT2D eigenvalue weighted by Gasteiger charge is -2.18. The zero-order valence-electron chi connectivity index (χ0n) is 14.7. The second-order valence-electron chi connectivity index (χ2n) is 5.89. The Hall–Kier alpha value is -2.36. The van der Waals surface area contributed by atoms with E-state index in [1.54, 1.807) is 0 Å². The van der Waals surface area contributed by atoms with Gasteiger partial charge in [0.15, 0.2) is 11.5 Å². The van der Waals surface area contributed by atoms with E-state index in [0.717, 1.165) is 48.2 Å². The van der Waals surface area contributed by atoms with Crippen molar-refractivity contribution >= 4 is 11.4 Å². The molecule has 2 aromatic rings. The van der Waals surface area contributed by atoms with Gasteiger partial charge in [0.1, 0.15) is 0 Å². The summed E-state index contributed by atoms with van der Waals surface area (Å²) in [6.07, 6.45) is 4.12. The molecule has 0 spiro atoms. The van der Waals surface area contributed by atoms with Gasteiger partial charge < -0.3 is 20.9 Å². The molecule has 0 aromatic heterocycles. The van der Waals surface area contributed by atoms with E-state index in [-0.39, 0.29) is 0 Å². The van der Waals surface area contributed by atoms with Crippen molar-refractivity contribution in [2.75, 3.05) is 24.7 Å². The molecule has 0 fully saturated rings. The van der Waals surface area contributed by atoms with Crippen molar-refractivity contribution in [1.82, 2.24) is 0 Å². The Morgan fingerprint density at radius 3 is 1.92 bits per heavy atom. The van der Waals surface area contributed by atoms with Gasteiger partial charge in [0.05, 0.1) is 18.9 Å². The molecule has 130 valence electrons. The van der Waals surface area contributed by atoms with E-state index < -0.39 is 0 Å². The molecular weight excluding hydrogens is 300 g/mol. The molecule has 0 unspecified atom stereocenters. The SMILES string of the molecule is CCCCOc1c(N)ccc(-c2ccc(N)cc2)c1OCCCC. The van der Waals surface area contributed by atoms with E-state index in [1.165, 1.54) is 0 Å². The third kappa shape index (κ3) is 4.57. The molecule has 2 rings (SSSR count). The fraction of sp³-hybridized carbons (Fsp3) is 0.400. The van der Waals surface area contributed by atoms with Crippen LogP contribution in [0.3, 0.4) is 0 Å². The van der Waals surface area contributed by atoms with Crippen LogP contribution in [0.5, 0.6) is 11.5 Å². The first-order valence-corrected chi connectivity index (χ1v) is 8.71. The van der Waals surface area contributed by atoms with E-state index in [9.17, 15) is 0 Å². The van der Waals surface area contributed by atoms with Crippen molar-refractivity contribution in [3.63, 3.8) is 0 Å². The molecule has 2 aromatic carbocycles. The molecule has 0 radical (unpaired) electrons. The normalized spacial score (nSPS) is 10.6. The molecule has 24 heavy (non-hydrogen) atoms. The summed E-state index contributed by atoms with van der Waals surface area (Å²) in [4.78, 5) is 0. The van der Waals surface area contributed by atoms with Crippen molar-refractivity contribution < 1.29 is 9.47 Å². The Kier molecular flexibility index (Phi) is 6.79. The number of hydrogen-bond donors (Lipinski definition) is 2. The zero-order valence-corrected chi connectivity index (χ0v) is 14.7. The molecule has 0 saturated heterocycles. The average Bonchev–Trinajstić information content (AvgIpc) is 2.58. The lowest BCUT2D eigenvalue weighted by atomic mass is 10.0. The van der Waals surface area contributed by atoms with Gasteiger partial charge >= 0.3 is 0 Å². The number of hydrogen-bond acceptors (Lipinski definition) is 4. The van der Waals surface area contributed by atoms with E-state index >= 15 is 0 Å². The molecule has 0 atom stereocenters. The summed E-state index contributed by atoms with van der Waals surface area (Å²) < 4.78 is 12.0. The second-order valence-corrected chi connectivity index (χ2v) is 5.89. The Morgan fingerprint density at radius 2 is 1.33 bits per heavy atom. The van der Waals surface area contributed by atoms with Crippen molar-refractivity contribution in [1.29, 1.82) is 0 Å².